The van der Waals surface area contributed by atoms with Gasteiger partial charge < -0.3 is 5.32 Å². The number of nitrogens with one attached hydrogen (secondary N) is 1. The molecular formula is C20H14N4O4S. The van der Waals surface area contributed by atoms with Crippen LogP contribution >= 0.6 is 11.3 Å². The van der Waals surface area contributed by atoms with Crippen molar-refractivity contribution in [1.29, 1.82) is 5.26 Å². The lowest BCUT2D eigenvalue weighted by Crippen LogP contribution is -2.33. The Morgan fingerprint density at radius 3 is 2.59 bits per heavy atom. The van der Waals surface area contributed by atoms with Crippen LogP contribution in [-0.2, 0) is 4.79 Å². The van der Waals surface area contributed by atoms with Gasteiger partial charge in [-0.05, 0) is 23.8 Å². The average molecular weight is 406 g/mol. The molecule has 0 fully saturated rings. The van der Waals surface area contributed by atoms with E-state index in [4.69, 9.17) is 0 Å². The molecular weight excluding hydrogens is 392 g/mol. The summed E-state index contributed by atoms with van der Waals surface area (Å²) in [6, 6.07) is 16.3. The van der Waals surface area contributed by atoms with Gasteiger partial charge in [0.25, 0.3) is 17.2 Å². The number of hydrogen-bond donors (Lipinski definition) is 1. The fraction of sp³-hybridized carbons (Fsp3) is 0.0500. The van der Waals surface area contributed by atoms with Gasteiger partial charge in [0.2, 0.25) is 0 Å². The fourth-order valence-corrected chi connectivity index (χ4v) is 3.76. The highest BCUT2D eigenvalue weighted by Gasteiger charge is 2.16. The number of amides is 1. The molecule has 3 rings (SSSR count). The molecule has 0 saturated heterocycles. The minimum absolute atomic E-state index is 0.103. The quantitative estimate of drug-likeness (QED) is 0.513. The summed E-state index contributed by atoms with van der Waals surface area (Å²) in [5, 5.41) is 22.9. The third-order valence-electron chi connectivity index (χ3n) is 4.00. The topological polar surface area (TPSA) is 118 Å². The lowest BCUT2D eigenvalue weighted by molar-refractivity contribution is -0.384. The van der Waals surface area contributed by atoms with E-state index in [1.54, 1.807) is 36.4 Å². The van der Waals surface area contributed by atoms with Crippen LogP contribution in [0.15, 0.2) is 59.4 Å². The number of nitriles is 1. The zero-order valence-electron chi connectivity index (χ0n) is 15.2. The first-order chi connectivity index (χ1) is 14.0. The molecule has 29 heavy (non-hydrogen) atoms. The van der Waals surface area contributed by atoms with Crippen LogP contribution in [-0.4, -0.2) is 22.4 Å². The highest BCUT2D eigenvalue weighted by atomic mass is 32.1. The monoisotopic (exact) mass is 406 g/mol. The summed E-state index contributed by atoms with van der Waals surface area (Å²) in [7, 11) is 1.40. The van der Waals surface area contributed by atoms with Crippen molar-refractivity contribution in [2.45, 2.75) is 0 Å². The molecule has 0 bridgehead atoms. The summed E-state index contributed by atoms with van der Waals surface area (Å²) >= 11 is 0.971. The Labute approximate surface area is 168 Å². The zero-order valence-corrected chi connectivity index (χ0v) is 16.0. The van der Waals surface area contributed by atoms with Crippen LogP contribution < -0.4 is 20.1 Å². The first-order valence-corrected chi connectivity index (χ1v) is 9.18. The molecule has 8 nitrogen and oxygen atoms in total. The van der Waals surface area contributed by atoms with Gasteiger partial charge in [0, 0.05) is 19.2 Å². The molecule has 0 aliphatic carbocycles. The third kappa shape index (κ3) is 3.97. The lowest BCUT2D eigenvalue weighted by atomic mass is 10.2. The predicted octanol–water partition coefficient (Wildman–Crippen LogP) is 1.06. The molecule has 1 N–H and O–H groups in total. The SMILES string of the molecule is CNC(=O)/C(C#N)=c1\s/c(=C\c2cccc([N+](=O)[O-])c2)c(=O)n1-c1ccccc1. The summed E-state index contributed by atoms with van der Waals surface area (Å²) in [5.74, 6) is -0.611. The molecule has 0 aliphatic heterocycles. The van der Waals surface area contributed by atoms with Crippen LogP contribution in [0.2, 0.25) is 0 Å². The van der Waals surface area contributed by atoms with Gasteiger partial charge in [-0.25, -0.2) is 0 Å². The van der Waals surface area contributed by atoms with Crippen molar-refractivity contribution >= 4 is 34.6 Å². The van der Waals surface area contributed by atoms with E-state index in [-0.39, 0.29) is 20.5 Å². The Morgan fingerprint density at radius 2 is 1.97 bits per heavy atom. The van der Waals surface area contributed by atoms with Crippen molar-refractivity contribution < 1.29 is 9.72 Å². The van der Waals surface area contributed by atoms with E-state index in [1.807, 2.05) is 6.07 Å². The second-order valence-corrected chi connectivity index (χ2v) is 6.84. The molecule has 0 saturated carbocycles. The minimum Gasteiger partial charge on any atom is -0.354 e. The summed E-state index contributed by atoms with van der Waals surface area (Å²) in [5.41, 5.74) is 0.229. The van der Waals surface area contributed by atoms with Gasteiger partial charge >= 0.3 is 0 Å². The van der Waals surface area contributed by atoms with Crippen LogP contribution in [0.4, 0.5) is 5.69 Å². The van der Waals surface area contributed by atoms with Gasteiger partial charge in [-0.1, -0.05) is 30.3 Å². The van der Waals surface area contributed by atoms with E-state index >= 15 is 0 Å². The summed E-state index contributed by atoms with van der Waals surface area (Å²) in [4.78, 5) is 35.7. The van der Waals surface area contributed by atoms with Gasteiger partial charge in [-0.2, -0.15) is 5.26 Å². The Balaban J connectivity index is 2.38. The van der Waals surface area contributed by atoms with Gasteiger partial charge in [0.05, 0.1) is 15.1 Å². The largest absolute Gasteiger partial charge is 0.354 e. The molecule has 144 valence electrons. The van der Waals surface area contributed by atoms with Gasteiger partial charge in [-0.15, -0.1) is 11.3 Å². The minimum atomic E-state index is -0.611. The number of hydrogen-bond acceptors (Lipinski definition) is 6. The van der Waals surface area contributed by atoms with Crippen molar-refractivity contribution in [3.8, 4) is 11.8 Å². The number of aromatic nitrogens is 1. The van der Waals surface area contributed by atoms with E-state index < -0.39 is 16.4 Å². The molecule has 1 heterocycles. The number of rotatable bonds is 4. The van der Waals surface area contributed by atoms with Crippen LogP contribution in [0.25, 0.3) is 17.3 Å². The van der Waals surface area contributed by atoms with Crippen LogP contribution in [0.5, 0.6) is 0 Å². The number of non-ortho nitro benzene ring substituents is 1. The molecule has 2 aromatic carbocycles. The molecule has 3 aromatic rings. The summed E-state index contributed by atoms with van der Waals surface area (Å²) in [6.45, 7) is 0. The first-order valence-electron chi connectivity index (χ1n) is 8.36. The maximum Gasteiger partial charge on any atom is 0.273 e. The average Bonchev–Trinajstić information content (AvgIpc) is 3.05. The summed E-state index contributed by atoms with van der Waals surface area (Å²) < 4.78 is 1.71. The lowest BCUT2D eigenvalue weighted by Gasteiger charge is -2.02. The summed E-state index contributed by atoms with van der Waals surface area (Å²) in [6.07, 6.45) is 1.50. The number of thiazole rings is 1. The Hall–Kier alpha value is -4.03. The molecule has 9 heteroatoms. The standard InChI is InChI=1S/C20H14N4O4S/c1-22-18(25)16(12-21)20-23(14-7-3-2-4-8-14)19(26)17(29-20)11-13-6-5-9-15(10-13)24(27)28/h2-11H,1H3,(H,22,25)/b17-11-,20-16-. The number of benzene rings is 2. The van der Waals surface area contributed by atoms with Crippen molar-refractivity contribution in [2.75, 3.05) is 7.05 Å². The highest BCUT2D eigenvalue weighted by Crippen LogP contribution is 2.13. The van der Waals surface area contributed by atoms with Gasteiger partial charge in [0.1, 0.15) is 10.7 Å². The Kier molecular flexibility index (Phi) is 5.66. The van der Waals surface area contributed by atoms with E-state index in [0.29, 0.717) is 11.3 Å². The Morgan fingerprint density at radius 1 is 1.24 bits per heavy atom. The van der Waals surface area contributed by atoms with Crippen LogP contribution in [0, 0.1) is 21.4 Å². The van der Waals surface area contributed by atoms with Crippen molar-refractivity contribution in [2.24, 2.45) is 0 Å². The van der Waals surface area contributed by atoms with Gasteiger partial charge in [0.15, 0.2) is 5.57 Å². The van der Waals surface area contributed by atoms with E-state index in [1.165, 1.54) is 35.9 Å². The van der Waals surface area contributed by atoms with Crippen LogP contribution in [0.1, 0.15) is 5.56 Å². The molecule has 0 spiro atoms. The number of carbonyl (C=O) groups is 1. The third-order valence-corrected chi connectivity index (χ3v) is 5.09. The molecule has 1 aromatic heterocycles. The zero-order chi connectivity index (χ0) is 21.0. The second kappa shape index (κ2) is 8.33. The highest BCUT2D eigenvalue weighted by molar-refractivity contribution is 7.07. The normalized spacial score (nSPS) is 12.2. The number of carbonyl (C=O) groups excluding carboxylic acids is 1. The number of nitro groups is 1. The second-order valence-electron chi connectivity index (χ2n) is 5.81. The van der Waals surface area contributed by atoms with Crippen molar-refractivity contribution in [1.82, 2.24) is 9.88 Å². The van der Waals surface area contributed by atoms with Crippen molar-refractivity contribution in [3.05, 3.63) is 89.8 Å². The first kappa shape index (κ1) is 19.7. The smallest absolute Gasteiger partial charge is 0.273 e. The van der Waals surface area contributed by atoms with E-state index in [2.05, 4.69) is 5.32 Å². The molecule has 0 unspecified atom stereocenters. The molecule has 0 aliphatic rings. The fourth-order valence-electron chi connectivity index (χ4n) is 2.66. The maximum absolute atomic E-state index is 13.1. The molecule has 0 atom stereocenters. The molecule has 1 amide bonds. The van der Waals surface area contributed by atoms with Gasteiger partial charge in [-0.3, -0.25) is 24.3 Å². The predicted molar refractivity (Wildman–Crippen MR) is 109 cm³/mol. The van der Waals surface area contributed by atoms with E-state index in [9.17, 15) is 25.0 Å². The number of nitro benzene ring substituents is 1. The molecule has 0 radical (unpaired) electrons. The number of nitrogens with zero attached hydrogens (tertiary/aromatic N) is 3. The van der Waals surface area contributed by atoms with Crippen LogP contribution in [0.3, 0.4) is 0 Å². The van der Waals surface area contributed by atoms with E-state index in [0.717, 1.165) is 11.3 Å². The Bertz CT molecular complexity index is 1320. The number of para-hydroxylation sites is 1. The maximum atomic E-state index is 13.1. The van der Waals surface area contributed by atoms with Crippen molar-refractivity contribution in [3.63, 3.8) is 0 Å².